The Balaban J connectivity index is 2.22. The van der Waals surface area contributed by atoms with Crippen molar-refractivity contribution in [2.45, 2.75) is 78.6 Å². The summed E-state index contributed by atoms with van der Waals surface area (Å²) >= 11 is 0. The molecule has 0 aliphatic heterocycles. The van der Waals surface area contributed by atoms with Crippen LogP contribution in [0.25, 0.3) is 0 Å². The van der Waals surface area contributed by atoms with E-state index in [1.807, 2.05) is 0 Å². The number of hydrogen-bond acceptors (Lipinski definition) is 4. The van der Waals surface area contributed by atoms with E-state index in [1.54, 1.807) is 11.7 Å². The van der Waals surface area contributed by atoms with Crippen LogP contribution in [0.4, 0.5) is 0 Å². The Morgan fingerprint density at radius 3 is 2.50 bits per heavy atom. The molecular weight excluding hydrogens is 306 g/mol. The van der Waals surface area contributed by atoms with Crippen LogP contribution in [0, 0.1) is 5.41 Å². The van der Waals surface area contributed by atoms with Gasteiger partial charge >= 0.3 is 0 Å². The van der Waals surface area contributed by atoms with E-state index < -0.39 is 0 Å². The molecule has 1 aliphatic rings. The van der Waals surface area contributed by atoms with Gasteiger partial charge in [-0.1, -0.05) is 31.4 Å². The first-order valence-corrected chi connectivity index (χ1v) is 8.79. The lowest BCUT2D eigenvalue weighted by molar-refractivity contribution is -0.129. The molecule has 136 valence electrons. The second kappa shape index (κ2) is 10.2. The van der Waals surface area contributed by atoms with Crippen LogP contribution in [-0.4, -0.2) is 23.2 Å². The maximum absolute atomic E-state index is 11.7. The zero-order valence-electron chi connectivity index (χ0n) is 15.2. The van der Waals surface area contributed by atoms with Gasteiger partial charge < -0.3 is 0 Å². The van der Waals surface area contributed by atoms with Gasteiger partial charge in [-0.25, -0.2) is 10.9 Å². The van der Waals surface area contributed by atoms with Gasteiger partial charge in [-0.15, -0.1) is 0 Å². The Bertz CT molecular complexity index is 496. The Kier molecular flexibility index (Phi) is 8.68. The molecule has 1 aliphatic carbocycles. The summed E-state index contributed by atoms with van der Waals surface area (Å²) in [4.78, 5) is 22.5. The summed E-state index contributed by atoms with van der Waals surface area (Å²) in [6.07, 6.45) is 8.99. The third kappa shape index (κ3) is 7.25. The fraction of sp³-hybridized carbons (Fsp3) is 0.722. The van der Waals surface area contributed by atoms with Gasteiger partial charge in [0, 0.05) is 25.5 Å². The highest BCUT2D eigenvalue weighted by atomic mass is 16.5. The Labute approximate surface area is 144 Å². The van der Waals surface area contributed by atoms with Crippen molar-refractivity contribution in [2.75, 3.05) is 0 Å². The van der Waals surface area contributed by atoms with E-state index >= 15 is 0 Å². The molecule has 24 heavy (non-hydrogen) atoms. The molecule has 3 N–H and O–H groups in total. The zero-order valence-corrected chi connectivity index (χ0v) is 15.2. The second-order valence-electron chi connectivity index (χ2n) is 7.14. The lowest BCUT2D eigenvalue weighted by Gasteiger charge is -2.34. The minimum atomic E-state index is -0.390. The number of rotatable bonds is 9. The third-order valence-corrected chi connectivity index (χ3v) is 4.69. The monoisotopic (exact) mass is 337 g/mol. The topological polar surface area (TPSA) is 90.8 Å². The minimum Gasteiger partial charge on any atom is -0.289 e. The van der Waals surface area contributed by atoms with Gasteiger partial charge in [-0.2, -0.15) is 5.10 Å². The second-order valence-corrected chi connectivity index (χ2v) is 7.14. The van der Waals surface area contributed by atoms with Crippen molar-refractivity contribution in [1.82, 2.24) is 10.9 Å². The summed E-state index contributed by atoms with van der Waals surface area (Å²) in [7, 11) is 0. The largest absolute Gasteiger partial charge is 0.289 e. The first kappa shape index (κ1) is 20.4. The number of carbonyl (C=O) groups excluding carboxylic acids is 2. The molecule has 0 aromatic rings. The van der Waals surface area contributed by atoms with Crippen LogP contribution in [0.15, 0.2) is 16.2 Å². The molecule has 6 heteroatoms. The number of allylic oxidation sites excluding steroid dienone is 2. The number of carbonyl (C=O) groups is 2. The first-order valence-electron chi connectivity index (χ1n) is 8.79. The van der Waals surface area contributed by atoms with Crippen molar-refractivity contribution in [1.29, 1.82) is 0 Å². The Morgan fingerprint density at radius 2 is 1.88 bits per heavy atom. The third-order valence-electron chi connectivity index (χ3n) is 4.69. The molecule has 6 nitrogen and oxygen atoms in total. The molecule has 0 saturated carbocycles. The number of nitrogens with zero attached hydrogens (tertiary/aromatic N) is 1. The van der Waals surface area contributed by atoms with Gasteiger partial charge in [0.15, 0.2) is 0 Å². The molecule has 0 atom stereocenters. The van der Waals surface area contributed by atoms with Gasteiger partial charge in [-0.3, -0.25) is 14.8 Å². The van der Waals surface area contributed by atoms with E-state index in [-0.39, 0.29) is 23.7 Å². The maximum atomic E-state index is 11.7. The van der Waals surface area contributed by atoms with Crippen molar-refractivity contribution in [2.24, 2.45) is 10.5 Å². The average Bonchev–Trinajstić information content (AvgIpc) is 2.52. The van der Waals surface area contributed by atoms with Gasteiger partial charge in [0.05, 0.1) is 0 Å². The van der Waals surface area contributed by atoms with E-state index in [9.17, 15) is 9.59 Å². The zero-order chi connectivity index (χ0) is 18.0. The molecule has 0 fully saturated rings. The van der Waals surface area contributed by atoms with Crippen molar-refractivity contribution in [3.8, 4) is 0 Å². The average molecular weight is 337 g/mol. The van der Waals surface area contributed by atoms with Crippen LogP contribution in [0.2, 0.25) is 0 Å². The number of nitrogens with one attached hydrogen (secondary N) is 2. The highest BCUT2D eigenvalue weighted by molar-refractivity contribution is 5.77. The van der Waals surface area contributed by atoms with E-state index in [0.29, 0.717) is 19.3 Å². The molecule has 0 radical (unpaired) electrons. The van der Waals surface area contributed by atoms with Crippen molar-refractivity contribution in [3.63, 3.8) is 0 Å². The smallest absolute Gasteiger partial charge is 0.243 e. The normalized spacial score (nSPS) is 17.2. The summed E-state index contributed by atoms with van der Waals surface area (Å²) in [5, 5.41) is 12.4. The molecule has 0 aromatic carbocycles. The van der Waals surface area contributed by atoms with E-state index in [2.05, 4.69) is 31.3 Å². The molecule has 0 spiro atoms. The van der Waals surface area contributed by atoms with Crippen LogP contribution < -0.4 is 10.9 Å². The van der Waals surface area contributed by atoms with E-state index in [1.165, 1.54) is 24.0 Å². The van der Waals surface area contributed by atoms with Crippen molar-refractivity contribution >= 4 is 18.0 Å². The quantitative estimate of drug-likeness (QED) is 0.198. The Morgan fingerprint density at radius 1 is 1.21 bits per heavy atom. The summed E-state index contributed by atoms with van der Waals surface area (Å²) in [5.74, 6) is -0.495. The van der Waals surface area contributed by atoms with Gasteiger partial charge in [-0.05, 0) is 44.4 Å². The predicted octanol–water partition coefficient (Wildman–Crippen LogP) is 3.46. The number of hydroxylamine groups is 1. The number of hydrazone groups is 1. The maximum Gasteiger partial charge on any atom is 0.243 e. The summed E-state index contributed by atoms with van der Waals surface area (Å²) in [5.41, 5.74) is 7.27. The van der Waals surface area contributed by atoms with Crippen LogP contribution in [0.5, 0.6) is 0 Å². The molecule has 2 amide bonds. The predicted molar refractivity (Wildman–Crippen MR) is 94.6 cm³/mol. The SMILES string of the molecule is CC1=C(C/C=N/NC(=O)CCCCCC(=O)NO)C(C)(C)CCC1. The lowest BCUT2D eigenvalue weighted by Crippen LogP contribution is -2.21. The first-order chi connectivity index (χ1) is 11.4. The highest BCUT2D eigenvalue weighted by Crippen LogP contribution is 2.41. The standard InChI is InChI=1S/C18H31N3O3/c1-14-8-7-12-18(2,3)15(14)11-13-19-20-16(22)9-5-4-6-10-17(23)21-24/h13,24H,4-12H2,1-3H3,(H,20,22)(H,21,23)/b19-13+. The fourth-order valence-corrected chi connectivity index (χ4v) is 3.24. The summed E-state index contributed by atoms with van der Waals surface area (Å²) in [6.45, 7) is 6.74. The summed E-state index contributed by atoms with van der Waals surface area (Å²) < 4.78 is 0. The van der Waals surface area contributed by atoms with Crippen molar-refractivity contribution < 1.29 is 14.8 Å². The van der Waals surface area contributed by atoms with Crippen molar-refractivity contribution in [3.05, 3.63) is 11.1 Å². The summed E-state index contributed by atoms with van der Waals surface area (Å²) in [6, 6.07) is 0. The van der Waals surface area contributed by atoms with E-state index in [0.717, 1.165) is 19.3 Å². The number of unbranched alkanes of at least 4 members (excludes halogenated alkanes) is 2. The molecule has 0 aromatic heterocycles. The number of hydrogen-bond donors (Lipinski definition) is 3. The Hall–Kier alpha value is -1.69. The van der Waals surface area contributed by atoms with Gasteiger partial charge in [0.2, 0.25) is 11.8 Å². The molecule has 0 heterocycles. The van der Waals surface area contributed by atoms with Crippen LogP contribution in [0.3, 0.4) is 0 Å². The highest BCUT2D eigenvalue weighted by Gasteiger charge is 2.27. The fourth-order valence-electron chi connectivity index (χ4n) is 3.24. The molecule has 1 rings (SSSR count). The van der Waals surface area contributed by atoms with Crippen LogP contribution in [0.1, 0.15) is 78.6 Å². The molecular formula is C18H31N3O3. The lowest BCUT2D eigenvalue weighted by atomic mass is 9.72. The van der Waals surface area contributed by atoms with Gasteiger partial charge in [0.25, 0.3) is 0 Å². The molecule has 0 unspecified atom stereocenters. The van der Waals surface area contributed by atoms with E-state index in [4.69, 9.17) is 5.21 Å². The molecule has 0 saturated heterocycles. The number of amides is 2. The van der Waals surface area contributed by atoms with Crippen LogP contribution >= 0.6 is 0 Å². The minimum absolute atomic E-state index is 0.105. The van der Waals surface area contributed by atoms with Crippen LogP contribution in [-0.2, 0) is 9.59 Å². The van der Waals surface area contributed by atoms with Gasteiger partial charge in [0.1, 0.15) is 0 Å². The molecule has 0 bridgehead atoms.